The fraction of sp³-hybridized carbons (Fsp3) is 0.458. The van der Waals surface area contributed by atoms with E-state index in [1.807, 2.05) is 0 Å². The number of aromatic hydroxyl groups is 1. The fourth-order valence-electron chi connectivity index (χ4n) is 4.12. The van der Waals surface area contributed by atoms with Gasteiger partial charge in [0.15, 0.2) is 0 Å². The van der Waals surface area contributed by atoms with Crippen molar-refractivity contribution in [1.29, 1.82) is 0 Å². The summed E-state index contributed by atoms with van der Waals surface area (Å²) >= 11 is 0. The van der Waals surface area contributed by atoms with Crippen molar-refractivity contribution in [2.75, 3.05) is 0 Å². The van der Waals surface area contributed by atoms with E-state index in [0.717, 1.165) is 5.56 Å². The van der Waals surface area contributed by atoms with Gasteiger partial charge in [-0.15, -0.1) is 0 Å². The van der Waals surface area contributed by atoms with Crippen molar-refractivity contribution in [3.63, 3.8) is 0 Å². The molecule has 2 rings (SSSR count). The Morgan fingerprint density at radius 2 is 1.19 bits per heavy atom. The van der Waals surface area contributed by atoms with Crippen LogP contribution in [0, 0.1) is 51.0 Å². The van der Waals surface area contributed by atoms with Gasteiger partial charge in [-0.3, -0.25) is 0 Å². The summed E-state index contributed by atoms with van der Waals surface area (Å²) in [6.07, 6.45) is 0. The number of hydrogen-bond acceptors (Lipinski definition) is 1. The molecule has 6 radical (unpaired) electrons. The van der Waals surface area contributed by atoms with Crippen LogP contribution in [0.2, 0.25) is 13.1 Å². The van der Waals surface area contributed by atoms with E-state index in [9.17, 15) is 5.11 Å². The van der Waals surface area contributed by atoms with Crippen molar-refractivity contribution in [3.05, 3.63) is 67.3 Å². The topological polar surface area (TPSA) is 20.2 Å². The number of phenols is 1. The van der Waals surface area contributed by atoms with E-state index < -0.39 is 8.07 Å². The first kappa shape index (κ1) is 29.2. The van der Waals surface area contributed by atoms with Crippen LogP contribution in [0.25, 0.3) is 0 Å². The summed E-state index contributed by atoms with van der Waals surface area (Å²) < 4.78 is 0. The van der Waals surface area contributed by atoms with Crippen LogP contribution in [0.4, 0.5) is 0 Å². The average molecular weight is 420 g/mol. The zero-order valence-electron chi connectivity index (χ0n) is 19.6. The minimum absolute atomic E-state index is 0. The molecule has 1 nitrogen and oxygen atoms in total. The van der Waals surface area contributed by atoms with Gasteiger partial charge in [0.2, 0.25) is 0 Å². The van der Waals surface area contributed by atoms with Crippen LogP contribution < -0.4 is 5.19 Å². The molecule has 0 saturated heterocycles. The Balaban J connectivity index is 0. The van der Waals surface area contributed by atoms with Crippen molar-refractivity contribution in [3.8, 4) is 5.75 Å². The molecule has 0 aromatic heterocycles. The Kier molecular flexibility index (Phi) is 10.4. The zero-order valence-corrected chi connectivity index (χ0v) is 22.2. The van der Waals surface area contributed by atoms with E-state index in [4.69, 9.17) is 0 Å². The van der Waals surface area contributed by atoms with Crippen LogP contribution >= 0.6 is 0 Å². The van der Waals surface area contributed by atoms with Crippen LogP contribution in [-0.4, -0.2) is 13.2 Å². The molecule has 0 amide bonds. The summed E-state index contributed by atoms with van der Waals surface area (Å²) in [6, 6.07) is 4.36. The number of phenolic OH excluding ortho intramolecular Hbond substituents is 1. The van der Waals surface area contributed by atoms with Gasteiger partial charge in [0.25, 0.3) is 0 Å². The van der Waals surface area contributed by atoms with Gasteiger partial charge in [0.05, 0.1) is 8.07 Å². The molecule has 1 N–H and O–H groups in total. The Morgan fingerprint density at radius 1 is 0.778 bits per heavy atom. The molecule has 27 heavy (non-hydrogen) atoms. The van der Waals surface area contributed by atoms with E-state index in [1.165, 1.54) is 40.0 Å². The Labute approximate surface area is 186 Å². The van der Waals surface area contributed by atoms with Gasteiger partial charge in [-0.05, 0) is 52.3 Å². The number of aryl methyl sites for hydroxylation is 1. The molecule has 0 bridgehead atoms. The summed E-state index contributed by atoms with van der Waals surface area (Å²) in [5.41, 5.74) is 3.74. The zero-order chi connectivity index (χ0) is 18.6. The van der Waals surface area contributed by atoms with Crippen LogP contribution in [0.1, 0.15) is 59.6 Å². The van der Waals surface area contributed by atoms with E-state index in [2.05, 4.69) is 80.6 Å². The van der Waals surface area contributed by atoms with Crippen LogP contribution in [0.3, 0.4) is 0 Å². The van der Waals surface area contributed by atoms with Gasteiger partial charge in [-0.25, -0.2) is 0 Å². The number of hydrogen-bond donors (Lipinski definition) is 1. The van der Waals surface area contributed by atoms with Crippen molar-refractivity contribution < 1.29 is 26.8 Å². The molecule has 0 heterocycles. The third kappa shape index (κ3) is 5.11. The summed E-state index contributed by atoms with van der Waals surface area (Å²) in [7, 11) is -1.99. The average Bonchev–Trinajstić information content (AvgIpc) is 2.64. The molecule has 3 heteroatoms. The molecule has 1 fully saturated rings. The van der Waals surface area contributed by atoms with Gasteiger partial charge in [0.1, 0.15) is 5.75 Å². The second-order valence-electron chi connectivity index (χ2n) is 8.96. The maximum Gasteiger partial charge on any atom is 3.00 e. The van der Waals surface area contributed by atoms with Crippen molar-refractivity contribution in [1.82, 2.24) is 0 Å². The Morgan fingerprint density at radius 3 is 1.56 bits per heavy atom. The predicted molar refractivity (Wildman–Crippen MR) is 120 cm³/mol. The predicted octanol–water partition coefficient (Wildman–Crippen LogP) is 6.32. The summed E-state index contributed by atoms with van der Waals surface area (Å²) in [6.45, 7) is 22.4. The minimum atomic E-state index is -1.99. The summed E-state index contributed by atoms with van der Waals surface area (Å²) in [4.78, 5) is 0. The first-order chi connectivity index (χ1) is 10.8. The number of rotatable bonds is 2. The van der Waals surface area contributed by atoms with E-state index in [0.29, 0.717) is 5.75 Å². The van der Waals surface area contributed by atoms with Gasteiger partial charge in [-0.2, -0.15) is 0 Å². The van der Waals surface area contributed by atoms with Crippen molar-refractivity contribution >= 4 is 13.3 Å². The van der Waals surface area contributed by atoms with E-state index in [1.54, 1.807) is 0 Å². The molecule has 1 aromatic rings. The minimum Gasteiger partial charge on any atom is -0.508 e. The molecule has 0 spiro atoms. The monoisotopic (exact) mass is 419 g/mol. The Bertz CT molecular complexity index is 604. The third-order valence-corrected chi connectivity index (χ3v) is 9.53. The maximum atomic E-state index is 11.1. The second-order valence-corrected chi connectivity index (χ2v) is 13.2. The van der Waals surface area contributed by atoms with Crippen LogP contribution in [0.15, 0.2) is 12.1 Å². The molecule has 0 unspecified atom stereocenters. The van der Waals surface area contributed by atoms with Gasteiger partial charge in [0, 0.05) is 0 Å². The van der Waals surface area contributed by atoms with Crippen molar-refractivity contribution in [2.24, 2.45) is 0 Å². The normalized spacial score (nSPS) is 18.0. The van der Waals surface area contributed by atoms with Crippen LogP contribution in [0.5, 0.6) is 5.75 Å². The smallest absolute Gasteiger partial charge is 0.508 e. The molecule has 1 aliphatic rings. The van der Waals surface area contributed by atoms with Crippen LogP contribution in [-0.2, 0) is 27.1 Å². The molecular formula is C24H39OSiTi+. The molecule has 1 aromatic carbocycles. The first-order valence-corrected chi connectivity index (χ1v) is 11.9. The first-order valence-electron chi connectivity index (χ1n) is 8.88. The standard InChI is InChI=1S/C22H33OSi.2CH3.Ti/c1-13-11-18(22(6,7)8)20(23)19(12-13)24(9,10)21-16(4)14(2)15(3)17(21)5;;;/h11-12,23H,1-10H3;2*1H3;/q;2*-1;+3. The molecule has 1 saturated carbocycles. The largest absolute Gasteiger partial charge is 3.00 e. The van der Waals surface area contributed by atoms with Gasteiger partial charge < -0.3 is 20.0 Å². The SMILES string of the molecule is C[C]1[C](C)[C](C)[C]([Si](C)(C)c2cc(C)cc(C(C)(C)C)c2O)[C]1C.[CH3-].[CH3-].[Ti+3]. The molecule has 148 valence electrons. The Hall–Kier alpha value is -0.0488. The molecular weight excluding hydrogens is 380 g/mol. The number of benzene rings is 1. The fourth-order valence-corrected chi connectivity index (χ4v) is 7.95. The molecule has 1 aliphatic carbocycles. The summed E-state index contributed by atoms with van der Waals surface area (Å²) in [5, 5.41) is 12.3. The maximum absolute atomic E-state index is 11.1. The van der Waals surface area contributed by atoms with E-state index >= 15 is 0 Å². The summed E-state index contributed by atoms with van der Waals surface area (Å²) in [5.74, 6) is 6.16. The quantitative estimate of drug-likeness (QED) is 0.440. The third-order valence-electron chi connectivity index (χ3n) is 5.80. The van der Waals surface area contributed by atoms with Crippen molar-refractivity contribution in [2.45, 2.75) is 73.9 Å². The molecule has 0 aliphatic heterocycles. The second kappa shape index (κ2) is 9.63. The van der Waals surface area contributed by atoms with Gasteiger partial charge >= 0.3 is 21.7 Å². The molecule has 0 atom stereocenters. The van der Waals surface area contributed by atoms with E-state index in [-0.39, 0.29) is 42.0 Å². The van der Waals surface area contributed by atoms with Gasteiger partial charge in [-0.1, -0.05) is 79.3 Å².